The molecule has 0 heterocycles. The average molecular weight is 277 g/mol. The van der Waals surface area contributed by atoms with Gasteiger partial charge in [0.1, 0.15) is 17.1 Å². The lowest BCUT2D eigenvalue weighted by Gasteiger charge is -2.06. The van der Waals surface area contributed by atoms with Gasteiger partial charge < -0.3 is 9.84 Å². The molecule has 20 heavy (non-hydrogen) atoms. The highest BCUT2D eigenvalue weighted by Crippen LogP contribution is 2.29. The average Bonchev–Trinajstić information content (AvgIpc) is 2.41. The van der Waals surface area contributed by atoms with Gasteiger partial charge in [0, 0.05) is 0 Å². The standard InChI is InChI=1S/C13H8FNO5/c14-8-5-6-12(10(7-8)15(18)19)20-13(17)9-3-1-2-4-11(9)16/h1-7,16H. The lowest BCUT2D eigenvalue weighted by molar-refractivity contribution is -0.385. The van der Waals surface area contributed by atoms with Gasteiger partial charge in [-0.05, 0) is 24.3 Å². The fourth-order valence-electron chi connectivity index (χ4n) is 1.52. The second-order valence-electron chi connectivity index (χ2n) is 3.78. The van der Waals surface area contributed by atoms with E-state index in [0.29, 0.717) is 6.07 Å². The largest absolute Gasteiger partial charge is 0.507 e. The summed E-state index contributed by atoms with van der Waals surface area (Å²) < 4.78 is 17.8. The molecule has 0 amide bonds. The van der Waals surface area contributed by atoms with Crippen molar-refractivity contribution >= 4 is 11.7 Å². The summed E-state index contributed by atoms with van der Waals surface area (Å²) in [6.07, 6.45) is 0. The third-order valence-corrected chi connectivity index (χ3v) is 2.44. The minimum absolute atomic E-state index is 0.147. The van der Waals surface area contributed by atoms with Gasteiger partial charge in [0.05, 0.1) is 11.0 Å². The molecule has 0 aromatic heterocycles. The Bertz CT molecular complexity index is 686. The molecule has 2 aromatic carbocycles. The maximum Gasteiger partial charge on any atom is 0.347 e. The zero-order valence-electron chi connectivity index (χ0n) is 9.95. The summed E-state index contributed by atoms with van der Waals surface area (Å²) in [5.41, 5.74) is -0.820. The van der Waals surface area contributed by atoms with Crippen molar-refractivity contribution in [3.05, 3.63) is 64.0 Å². The predicted octanol–water partition coefficient (Wildman–Crippen LogP) is 2.66. The van der Waals surface area contributed by atoms with E-state index in [9.17, 15) is 24.4 Å². The number of hydrogen-bond donors (Lipinski definition) is 1. The lowest BCUT2D eigenvalue weighted by atomic mass is 10.2. The Morgan fingerprint density at radius 2 is 1.95 bits per heavy atom. The molecule has 0 fully saturated rings. The second-order valence-corrected chi connectivity index (χ2v) is 3.78. The van der Waals surface area contributed by atoms with Crippen LogP contribution in [-0.2, 0) is 0 Å². The van der Waals surface area contributed by atoms with Gasteiger partial charge in [0.2, 0.25) is 5.75 Å². The van der Waals surface area contributed by atoms with Crippen molar-refractivity contribution < 1.29 is 24.0 Å². The Balaban J connectivity index is 2.33. The van der Waals surface area contributed by atoms with Crippen LogP contribution in [0.1, 0.15) is 10.4 Å². The Morgan fingerprint density at radius 3 is 2.60 bits per heavy atom. The molecule has 0 spiro atoms. The van der Waals surface area contributed by atoms with E-state index in [4.69, 9.17) is 4.74 Å². The number of aromatic hydroxyl groups is 1. The molecule has 2 rings (SSSR count). The second kappa shape index (κ2) is 5.35. The summed E-state index contributed by atoms with van der Waals surface area (Å²) in [6, 6.07) is 8.13. The van der Waals surface area contributed by atoms with Crippen molar-refractivity contribution in [1.82, 2.24) is 0 Å². The highest BCUT2D eigenvalue weighted by molar-refractivity contribution is 5.94. The molecule has 6 nitrogen and oxygen atoms in total. The normalized spacial score (nSPS) is 10.1. The minimum Gasteiger partial charge on any atom is -0.507 e. The van der Waals surface area contributed by atoms with Gasteiger partial charge in [-0.2, -0.15) is 0 Å². The smallest absolute Gasteiger partial charge is 0.347 e. The van der Waals surface area contributed by atoms with E-state index in [0.717, 1.165) is 12.1 Å². The molecule has 0 radical (unpaired) electrons. The van der Waals surface area contributed by atoms with Crippen LogP contribution in [0.5, 0.6) is 11.5 Å². The molecule has 0 aliphatic rings. The number of nitro groups is 1. The fraction of sp³-hybridized carbons (Fsp3) is 0. The molecular weight excluding hydrogens is 269 g/mol. The van der Waals surface area contributed by atoms with Crippen LogP contribution in [0.3, 0.4) is 0 Å². The van der Waals surface area contributed by atoms with Gasteiger partial charge in [0.15, 0.2) is 0 Å². The van der Waals surface area contributed by atoms with E-state index in [1.54, 1.807) is 0 Å². The highest BCUT2D eigenvalue weighted by atomic mass is 19.1. The minimum atomic E-state index is -0.974. The van der Waals surface area contributed by atoms with E-state index in [1.807, 2.05) is 0 Å². The van der Waals surface area contributed by atoms with Crippen LogP contribution < -0.4 is 4.74 Å². The third kappa shape index (κ3) is 2.72. The number of nitrogens with zero attached hydrogens (tertiary/aromatic N) is 1. The van der Waals surface area contributed by atoms with Crippen LogP contribution in [0.2, 0.25) is 0 Å². The lowest BCUT2D eigenvalue weighted by Crippen LogP contribution is -2.10. The van der Waals surface area contributed by atoms with Crippen molar-refractivity contribution in [3.8, 4) is 11.5 Å². The number of para-hydroxylation sites is 1. The maximum absolute atomic E-state index is 12.9. The first-order chi connectivity index (χ1) is 9.49. The van der Waals surface area contributed by atoms with Crippen molar-refractivity contribution in [2.75, 3.05) is 0 Å². The number of phenols is 1. The summed E-state index contributed by atoms with van der Waals surface area (Å²) in [5, 5.41) is 20.2. The van der Waals surface area contributed by atoms with E-state index >= 15 is 0 Å². The number of phenolic OH excluding ortho intramolecular Hbond substituents is 1. The van der Waals surface area contributed by atoms with Crippen LogP contribution in [-0.4, -0.2) is 16.0 Å². The summed E-state index contributed by atoms with van der Waals surface area (Å²) in [5.74, 6) is -2.51. The fourth-order valence-corrected chi connectivity index (χ4v) is 1.52. The van der Waals surface area contributed by atoms with Gasteiger partial charge in [-0.1, -0.05) is 12.1 Å². The van der Waals surface area contributed by atoms with Crippen molar-refractivity contribution in [3.63, 3.8) is 0 Å². The monoisotopic (exact) mass is 277 g/mol. The van der Waals surface area contributed by atoms with Gasteiger partial charge in [0.25, 0.3) is 0 Å². The van der Waals surface area contributed by atoms with E-state index < -0.39 is 28.1 Å². The van der Waals surface area contributed by atoms with Crippen LogP contribution in [0.25, 0.3) is 0 Å². The summed E-state index contributed by atoms with van der Waals surface area (Å²) in [6.45, 7) is 0. The Kier molecular flexibility index (Phi) is 3.60. The molecule has 0 atom stereocenters. The highest BCUT2D eigenvalue weighted by Gasteiger charge is 2.21. The molecule has 0 bridgehead atoms. The number of ether oxygens (including phenoxy) is 1. The summed E-state index contributed by atoms with van der Waals surface area (Å²) in [7, 11) is 0. The SMILES string of the molecule is O=C(Oc1ccc(F)cc1[N+](=O)[O-])c1ccccc1O. The zero-order valence-corrected chi connectivity index (χ0v) is 9.95. The third-order valence-electron chi connectivity index (χ3n) is 2.44. The van der Waals surface area contributed by atoms with Crippen LogP contribution in [0.15, 0.2) is 42.5 Å². The van der Waals surface area contributed by atoms with Crippen molar-refractivity contribution in [1.29, 1.82) is 0 Å². The Morgan fingerprint density at radius 1 is 1.25 bits per heavy atom. The number of carbonyl (C=O) groups is 1. The number of halogens is 1. The zero-order chi connectivity index (χ0) is 14.7. The predicted molar refractivity (Wildman–Crippen MR) is 66.1 cm³/mol. The van der Waals surface area contributed by atoms with Crippen molar-refractivity contribution in [2.45, 2.75) is 0 Å². The molecule has 0 aliphatic carbocycles. The molecular formula is C13H8FNO5. The quantitative estimate of drug-likeness (QED) is 0.403. The molecule has 2 aromatic rings. The van der Waals surface area contributed by atoms with E-state index in [-0.39, 0.29) is 11.3 Å². The molecule has 7 heteroatoms. The molecule has 1 N–H and O–H groups in total. The van der Waals surface area contributed by atoms with Crippen LogP contribution >= 0.6 is 0 Å². The number of nitro benzene ring substituents is 1. The Labute approximate surface area is 112 Å². The first-order valence-corrected chi connectivity index (χ1v) is 5.43. The van der Waals surface area contributed by atoms with Crippen LogP contribution in [0, 0.1) is 15.9 Å². The number of carbonyl (C=O) groups excluding carboxylic acids is 1. The first kappa shape index (κ1) is 13.5. The summed E-state index contributed by atoms with van der Waals surface area (Å²) >= 11 is 0. The van der Waals surface area contributed by atoms with Gasteiger partial charge in [-0.15, -0.1) is 0 Å². The van der Waals surface area contributed by atoms with Gasteiger partial charge in [-0.3, -0.25) is 10.1 Å². The van der Waals surface area contributed by atoms with Gasteiger partial charge in [-0.25, -0.2) is 9.18 Å². The number of esters is 1. The maximum atomic E-state index is 12.9. The molecule has 0 aliphatic heterocycles. The van der Waals surface area contributed by atoms with Crippen LogP contribution in [0.4, 0.5) is 10.1 Å². The van der Waals surface area contributed by atoms with E-state index in [1.165, 1.54) is 24.3 Å². The molecule has 0 saturated heterocycles. The van der Waals surface area contributed by atoms with E-state index in [2.05, 4.69) is 0 Å². The summed E-state index contributed by atoms with van der Waals surface area (Å²) in [4.78, 5) is 21.7. The number of benzene rings is 2. The van der Waals surface area contributed by atoms with Gasteiger partial charge >= 0.3 is 11.7 Å². The topological polar surface area (TPSA) is 89.7 Å². The Hall–Kier alpha value is -2.96. The van der Waals surface area contributed by atoms with Crippen molar-refractivity contribution in [2.24, 2.45) is 0 Å². The number of hydrogen-bond acceptors (Lipinski definition) is 5. The molecule has 102 valence electrons. The molecule has 0 saturated carbocycles. The molecule has 0 unspecified atom stereocenters. The number of rotatable bonds is 3. The first-order valence-electron chi connectivity index (χ1n) is 5.43.